The first-order valence-corrected chi connectivity index (χ1v) is 8.16. The molecule has 0 aliphatic carbocycles. The van der Waals surface area contributed by atoms with E-state index in [0.29, 0.717) is 16.8 Å². The maximum Gasteiger partial charge on any atom is 0.390 e. The molecule has 4 rings (SSSR count). The van der Waals surface area contributed by atoms with E-state index in [0.717, 1.165) is 5.39 Å². The number of carbonyl (C=O) groups excluding carboxylic acids is 1. The number of aromatic nitrogens is 1. The average molecular weight is 361 g/mol. The van der Waals surface area contributed by atoms with Gasteiger partial charge in [0.25, 0.3) is 0 Å². The van der Waals surface area contributed by atoms with E-state index in [1.165, 1.54) is 29.7 Å². The Hall–Kier alpha value is -2.63. The lowest BCUT2D eigenvalue weighted by molar-refractivity contribution is -0.144. The molecule has 3 aromatic rings. The van der Waals surface area contributed by atoms with Crippen LogP contribution in [0.1, 0.15) is 29.3 Å². The van der Waals surface area contributed by atoms with E-state index in [1.807, 2.05) is 0 Å². The Morgan fingerprint density at radius 3 is 2.46 bits per heavy atom. The summed E-state index contributed by atoms with van der Waals surface area (Å²) in [5.41, 5.74) is -0.229. The molecule has 6 heteroatoms. The Bertz CT molecular complexity index is 1060. The highest BCUT2D eigenvalue weighted by molar-refractivity contribution is 6.08. The van der Waals surface area contributed by atoms with Gasteiger partial charge in [0.05, 0.1) is 23.0 Å². The highest BCUT2D eigenvalue weighted by atomic mass is 19.4. The molecular weight excluding hydrogens is 346 g/mol. The summed E-state index contributed by atoms with van der Waals surface area (Å²) in [6, 6.07) is 10.9. The highest BCUT2D eigenvalue weighted by Gasteiger charge is 2.51. The van der Waals surface area contributed by atoms with Gasteiger partial charge in [0.15, 0.2) is 0 Å². The van der Waals surface area contributed by atoms with Crippen LogP contribution in [0.15, 0.2) is 42.5 Å². The van der Waals surface area contributed by atoms with Crippen molar-refractivity contribution in [3.05, 3.63) is 59.4 Å². The van der Waals surface area contributed by atoms with Crippen LogP contribution in [0.2, 0.25) is 0 Å². The molecule has 2 nitrogen and oxygen atoms in total. The van der Waals surface area contributed by atoms with Crippen LogP contribution in [0.3, 0.4) is 0 Å². The van der Waals surface area contributed by atoms with E-state index >= 15 is 0 Å². The molecule has 134 valence electrons. The predicted octanol–water partition coefficient (Wildman–Crippen LogP) is 5.62. The van der Waals surface area contributed by atoms with E-state index in [9.17, 15) is 22.4 Å². The fraction of sp³-hybridized carbons (Fsp3) is 0.250. The maximum atomic E-state index is 14.8. The standard InChI is InChI=1S/C20H15F4NO/c1-11-12-6-3-4-9-15(12)25-17(11)16-13(7-5-8-14(16)21)19(2,18(25)26)10-20(22,23)24/h3-9H,10H2,1-2H3. The summed E-state index contributed by atoms with van der Waals surface area (Å²) in [6.07, 6.45) is -5.91. The Morgan fingerprint density at radius 1 is 1.08 bits per heavy atom. The van der Waals surface area contributed by atoms with Crippen LogP contribution < -0.4 is 0 Å². The Balaban J connectivity index is 2.15. The summed E-state index contributed by atoms with van der Waals surface area (Å²) in [7, 11) is 0. The third-order valence-electron chi connectivity index (χ3n) is 5.20. The SMILES string of the molecule is Cc1c2n(c3ccccc13)C(=O)C(C)(CC(F)(F)F)c1cccc(F)c1-2. The van der Waals surface area contributed by atoms with Crippen LogP contribution in [0.25, 0.3) is 22.2 Å². The quantitative estimate of drug-likeness (QED) is 0.516. The number of nitrogens with zero attached hydrogens (tertiary/aromatic N) is 1. The monoisotopic (exact) mass is 361 g/mol. The zero-order chi connectivity index (χ0) is 18.9. The van der Waals surface area contributed by atoms with Gasteiger partial charge in [-0.15, -0.1) is 0 Å². The smallest absolute Gasteiger partial charge is 0.279 e. The molecular formula is C20H15F4NO. The molecule has 0 bridgehead atoms. The van der Waals surface area contributed by atoms with E-state index < -0.39 is 29.7 Å². The van der Waals surface area contributed by atoms with E-state index in [2.05, 4.69) is 0 Å². The third-order valence-corrected chi connectivity index (χ3v) is 5.20. The number of alkyl halides is 3. The number of hydrogen-bond acceptors (Lipinski definition) is 1. The van der Waals surface area contributed by atoms with E-state index in [-0.39, 0.29) is 11.1 Å². The number of aryl methyl sites for hydroxylation is 1. The molecule has 0 saturated carbocycles. The van der Waals surface area contributed by atoms with Gasteiger partial charge in [-0.25, -0.2) is 4.39 Å². The lowest BCUT2D eigenvalue weighted by Crippen LogP contribution is -2.44. The van der Waals surface area contributed by atoms with Gasteiger partial charge in [-0.05, 0) is 37.1 Å². The molecule has 0 fully saturated rings. The lowest BCUT2D eigenvalue weighted by atomic mass is 9.73. The van der Waals surface area contributed by atoms with Crippen molar-refractivity contribution in [3.63, 3.8) is 0 Å². The largest absolute Gasteiger partial charge is 0.390 e. The minimum absolute atomic E-state index is 0.0764. The van der Waals surface area contributed by atoms with Gasteiger partial charge in [0.2, 0.25) is 5.91 Å². The average Bonchev–Trinajstić information content (AvgIpc) is 2.85. The summed E-state index contributed by atoms with van der Waals surface area (Å²) in [4.78, 5) is 13.3. The van der Waals surface area contributed by atoms with Crippen LogP contribution in [0.5, 0.6) is 0 Å². The Labute approximate surface area is 147 Å². The predicted molar refractivity (Wildman–Crippen MR) is 90.7 cm³/mol. The summed E-state index contributed by atoms with van der Waals surface area (Å²) >= 11 is 0. The van der Waals surface area contributed by atoms with Gasteiger partial charge in [-0.3, -0.25) is 9.36 Å². The molecule has 26 heavy (non-hydrogen) atoms. The van der Waals surface area contributed by atoms with Gasteiger partial charge >= 0.3 is 6.18 Å². The highest BCUT2D eigenvalue weighted by Crippen LogP contribution is 2.49. The van der Waals surface area contributed by atoms with Crippen molar-refractivity contribution in [3.8, 4) is 11.3 Å². The number of fused-ring (bicyclic) bond motifs is 5. The molecule has 1 unspecified atom stereocenters. The summed E-state index contributed by atoms with van der Waals surface area (Å²) in [6.45, 7) is 3.00. The zero-order valence-electron chi connectivity index (χ0n) is 14.1. The van der Waals surface area contributed by atoms with Gasteiger partial charge in [-0.1, -0.05) is 30.3 Å². The molecule has 0 amide bonds. The van der Waals surface area contributed by atoms with Crippen molar-refractivity contribution in [2.24, 2.45) is 0 Å². The second kappa shape index (κ2) is 5.19. The Kier molecular flexibility index (Phi) is 3.36. The molecule has 0 radical (unpaired) electrons. The van der Waals surface area contributed by atoms with Crippen molar-refractivity contribution >= 4 is 16.8 Å². The molecule has 0 N–H and O–H groups in total. The lowest BCUT2D eigenvalue weighted by Gasteiger charge is -2.36. The van der Waals surface area contributed by atoms with E-state index in [4.69, 9.17) is 0 Å². The van der Waals surface area contributed by atoms with Crippen molar-refractivity contribution < 1.29 is 22.4 Å². The number of para-hydroxylation sites is 1. The fourth-order valence-corrected chi connectivity index (χ4v) is 4.07. The van der Waals surface area contributed by atoms with Crippen LogP contribution in [-0.2, 0) is 5.41 Å². The number of benzene rings is 2. The van der Waals surface area contributed by atoms with Gasteiger partial charge in [0, 0.05) is 10.9 Å². The summed E-state index contributed by atoms with van der Waals surface area (Å²) < 4.78 is 55.9. The molecule has 0 saturated heterocycles. The number of rotatable bonds is 1. The molecule has 0 spiro atoms. The first-order chi connectivity index (χ1) is 12.1. The molecule has 1 aromatic heterocycles. The van der Waals surface area contributed by atoms with Crippen LogP contribution in [0.4, 0.5) is 17.6 Å². The van der Waals surface area contributed by atoms with Gasteiger partial charge < -0.3 is 0 Å². The minimum atomic E-state index is -4.57. The molecule has 2 aromatic carbocycles. The number of carbonyl (C=O) groups is 1. The van der Waals surface area contributed by atoms with Crippen LogP contribution in [-0.4, -0.2) is 16.7 Å². The molecule has 2 heterocycles. The second-order valence-corrected chi connectivity index (χ2v) is 6.92. The summed E-state index contributed by atoms with van der Waals surface area (Å²) in [5, 5.41) is 0.723. The van der Waals surface area contributed by atoms with Crippen molar-refractivity contribution in [1.29, 1.82) is 0 Å². The first kappa shape index (κ1) is 16.8. The fourth-order valence-electron chi connectivity index (χ4n) is 4.07. The van der Waals surface area contributed by atoms with Gasteiger partial charge in [0.1, 0.15) is 5.82 Å². The summed E-state index contributed by atoms with van der Waals surface area (Å²) in [5.74, 6) is -1.32. The van der Waals surface area contributed by atoms with E-state index in [1.54, 1.807) is 31.2 Å². The minimum Gasteiger partial charge on any atom is -0.279 e. The second-order valence-electron chi connectivity index (χ2n) is 6.92. The van der Waals surface area contributed by atoms with Crippen LogP contribution in [0, 0.1) is 12.7 Å². The normalized spacial score (nSPS) is 19.5. The number of halogens is 4. The van der Waals surface area contributed by atoms with Crippen molar-refractivity contribution in [1.82, 2.24) is 4.57 Å². The third kappa shape index (κ3) is 2.14. The number of hydrogen-bond donors (Lipinski definition) is 0. The van der Waals surface area contributed by atoms with Crippen LogP contribution >= 0.6 is 0 Å². The molecule has 1 aliphatic rings. The Morgan fingerprint density at radius 2 is 1.77 bits per heavy atom. The van der Waals surface area contributed by atoms with Gasteiger partial charge in [-0.2, -0.15) is 13.2 Å². The molecule has 1 aliphatic heterocycles. The maximum absolute atomic E-state index is 14.8. The first-order valence-electron chi connectivity index (χ1n) is 8.16. The topological polar surface area (TPSA) is 22.0 Å². The zero-order valence-corrected chi connectivity index (χ0v) is 14.1. The van der Waals surface area contributed by atoms with Crippen molar-refractivity contribution in [2.45, 2.75) is 31.9 Å². The molecule has 1 atom stereocenters. The van der Waals surface area contributed by atoms with Crippen molar-refractivity contribution in [2.75, 3.05) is 0 Å².